The van der Waals surface area contributed by atoms with E-state index in [0.29, 0.717) is 11.8 Å². The Bertz CT molecular complexity index is 484. The first-order chi connectivity index (χ1) is 8.19. The molecule has 2 rings (SSSR count). The Labute approximate surface area is 112 Å². The lowest BCUT2D eigenvalue weighted by molar-refractivity contribution is 0.470. The van der Waals surface area contributed by atoms with E-state index in [-0.39, 0.29) is 5.25 Å². The zero-order valence-corrected chi connectivity index (χ0v) is 12.2. The monoisotopic (exact) mass is 288 g/mol. The number of hydrogen-bond acceptors (Lipinski definition) is 8. The zero-order chi connectivity index (χ0) is 12.3. The number of nitrogens with zero attached hydrogens (tertiary/aromatic N) is 4. The summed E-state index contributed by atoms with van der Waals surface area (Å²) in [5.74, 6) is 2.23. The first-order valence-electron chi connectivity index (χ1n) is 5.12. The second-order valence-electron chi connectivity index (χ2n) is 3.19. The molecular formula is C9H12N4OS3. The summed E-state index contributed by atoms with van der Waals surface area (Å²) in [6.45, 7) is 5.91. The zero-order valence-electron chi connectivity index (χ0n) is 9.71. The van der Waals surface area contributed by atoms with Crippen LogP contribution >= 0.6 is 34.9 Å². The van der Waals surface area contributed by atoms with Crippen LogP contribution in [0.15, 0.2) is 13.1 Å². The molecule has 1 atom stereocenters. The third kappa shape index (κ3) is 3.43. The van der Waals surface area contributed by atoms with Gasteiger partial charge in [-0.1, -0.05) is 41.8 Å². The van der Waals surface area contributed by atoms with Crippen LogP contribution in [0.5, 0.6) is 0 Å². The average Bonchev–Trinajstić information content (AvgIpc) is 2.88. The van der Waals surface area contributed by atoms with Crippen LogP contribution in [0.4, 0.5) is 0 Å². The summed E-state index contributed by atoms with van der Waals surface area (Å²) in [5, 5.41) is 16.1. The highest BCUT2D eigenvalue weighted by Crippen LogP contribution is 2.37. The standard InChI is InChI=1S/C9H12N4OS3/c1-4-15-8-12-13-9(17-8)16-5(2)7-11-10-6(3)14-7/h5H,4H2,1-3H3/t5-/m0/s1. The molecular weight excluding hydrogens is 276 g/mol. The van der Waals surface area contributed by atoms with Gasteiger partial charge in [0.2, 0.25) is 11.8 Å². The first-order valence-corrected chi connectivity index (χ1v) is 7.80. The van der Waals surface area contributed by atoms with Crippen molar-refractivity contribution in [3.8, 4) is 0 Å². The van der Waals surface area contributed by atoms with Crippen LogP contribution in [-0.4, -0.2) is 26.1 Å². The summed E-state index contributed by atoms with van der Waals surface area (Å²) in [7, 11) is 0. The van der Waals surface area contributed by atoms with Gasteiger partial charge in [-0.25, -0.2) is 0 Å². The number of hydrogen-bond donors (Lipinski definition) is 0. The van der Waals surface area contributed by atoms with Gasteiger partial charge in [-0.3, -0.25) is 0 Å². The van der Waals surface area contributed by atoms with E-state index >= 15 is 0 Å². The second-order valence-corrected chi connectivity index (χ2v) is 7.26. The van der Waals surface area contributed by atoms with Crippen molar-refractivity contribution < 1.29 is 4.42 Å². The Morgan fingerprint density at radius 3 is 2.65 bits per heavy atom. The Morgan fingerprint density at radius 1 is 1.24 bits per heavy atom. The Hall–Kier alpha value is -0.600. The van der Waals surface area contributed by atoms with E-state index in [9.17, 15) is 0 Å². The maximum absolute atomic E-state index is 5.38. The molecule has 0 spiro atoms. The van der Waals surface area contributed by atoms with Gasteiger partial charge in [0.05, 0.1) is 5.25 Å². The molecule has 0 radical (unpaired) electrons. The summed E-state index contributed by atoms with van der Waals surface area (Å²) in [5.41, 5.74) is 0. The van der Waals surface area contributed by atoms with Crippen molar-refractivity contribution in [1.82, 2.24) is 20.4 Å². The minimum Gasteiger partial charge on any atom is -0.424 e. The molecule has 5 nitrogen and oxygen atoms in total. The van der Waals surface area contributed by atoms with Gasteiger partial charge in [-0.15, -0.1) is 20.4 Å². The number of rotatable bonds is 5. The smallest absolute Gasteiger partial charge is 0.229 e. The molecule has 2 aromatic rings. The number of aromatic nitrogens is 4. The second kappa shape index (κ2) is 5.83. The summed E-state index contributed by atoms with van der Waals surface area (Å²) in [4.78, 5) is 0. The van der Waals surface area contributed by atoms with E-state index in [2.05, 4.69) is 27.3 Å². The lowest BCUT2D eigenvalue weighted by Crippen LogP contribution is -1.88. The fourth-order valence-corrected chi connectivity index (χ4v) is 4.20. The van der Waals surface area contributed by atoms with E-state index < -0.39 is 0 Å². The van der Waals surface area contributed by atoms with Gasteiger partial charge in [-0.2, -0.15) is 0 Å². The molecule has 0 fully saturated rings. The molecule has 8 heteroatoms. The van der Waals surface area contributed by atoms with Crippen LogP contribution in [0.1, 0.15) is 30.9 Å². The van der Waals surface area contributed by atoms with Crippen LogP contribution in [0, 0.1) is 6.92 Å². The Morgan fingerprint density at radius 2 is 2.00 bits per heavy atom. The highest BCUT2D eigenvalue weighted by Gasteiger charge is 2.16. The van der Waals surface area contributed by atoms with Gasteiger partial charge < -0.3 is 4.42 Å². The Kier molecular flexibility index (Phi) is 4.41. The largest absolute Gasteiger partial charge is 0.424 e. The van der Waals surface area contributed by atoms with Gasteiger partial charge in [0, 0.05) is 6.92 Å². The van der Waals surface area contributed by atoms with Crippen LogP contribution in [-0.2, 0) is 0 Å². The van der Waals surface area contributed by atoms with Gasteiger partial charge >= 0.3 is 0 Å². The quantitative estimate of drug-likeness (QED) is 0.783. The van der Waals surface area contributed by atoms with Crippen molar-refractivity contribution in [2.45, 2.75) is 34.7 Å². The molecule has 0 unspecified atom stereocenters. The highest BCUT2D eigenvalue weighted by molar-refractivity contribution is 8.03. The average molecular weight is 288 g/mol. The molecule has 2 heterocycles. The topological polar surface area (TPSA) is 64.7 Å². The van der Waals surface area contributed by atoms with Crippen LogP contribution in [0.2, 0.25) is 0 Å². The van der Waals surface area contributed by atoms with E-state index in [0.717, 1.165) is 14.4 Å². The molecule has 0 aliphatic rings. The molecule has 2 aromatic heterocycles. The third-order valence-electron chi connectivity index (χ3n) is 1.82. The van der Waals surface area contributed by atoms with Crippen LogP contribution in [0.25, 0.3) is 0 Å². The summed E-state index contributed by atoms with van der Waals surface area (Å²) < 4.78 is 7.32. The van der Waals surface area contributed by atoms with Gasteiger partial charge in [-0.05, 0) is 12.7 Å². The van der Waals surface area contributed by atoms with E-state index in [1.165, 1.54) is 0 Å². The molecule has 0 aromatic carbocycles. The third-order valence-corrected chi connectivity index (χ3v) is 4.93. The van der Waals surface area contributed by atoms with Gasteiger partial charge in [0.25, 0.3) is 0 Å². The minimum absolute atomic E-state index is 0.101. The van der Waals surface area contributed by atoms with Gasteiger partial charge in [0.1, 0.15) is 0 Å². The molecule has 0 saturated carbocycles. The number of aryl methyl sites for hydroxylation is 1. The molecule has 0 aliphatic heterocycles. The first kappa shape index (κ1) is 12.8. The lowest BCUT2D eigenvalue weighted by Gasteiger charge is -2.01. The summed E-state index contributed by atoms with van der Waals surface area (Å²) in [6, 6.07) is 0. The maximum atomic E-state index is 5.38. The Balaban J connectivity index is 1.99. The lowest BCUT2D eigenvalue weighted by atomic mass is 10.5. The van der Waals surface area contributed by atoms with Crippen molar-refractivity contribution in [3.63, 3.8) is 0 Å². The van der Waals surface area contributed by atoms with E-state index in [1.54, 1.807) is 41.8 Å². The van der Waals surface area contributed by atoms with E-state index in [1.807, 2.05) is 6.92 Å². The molecule has 0 N–H and O–H groups in total. The van der Waals surface area contributed by atoms with Gasteiger partial charge in [0.15, 0.2) is 8.68 Å². The highest BCUT2D eigenvalue weighted by atomic mass is 32.2. The fraction of sp³-hybridized carbons (Fsp3) is 0.556. The minimum atomic E-state index is 0.101. The predicted octanol–water partition coefficient (Wildman–Crippen LogP) is 3.19. The van der Waals surface area contributed by atoms with Crippen molar-refractivity contribution in [1.29, 1.82) is 0 Å². The summed E-state index contributed by atoms with van der Waals surface area (Å²) in [6.07, 6.45) is 0. The molecule has 0 aliphatic carbocycles. The van der Waals surface area contributed by atoms with Crippen molar-refractivity contribution in [3.05, 3.63) is 11.8 Å². The SMILES string of the molecule is CCSc1nnc(S[C@@H](C)c2nnc(C)o2)s1. The van der Waals surface area contributed by atoms with Crippen molar-refractivity contribution in [2.24, 2.45) is 0 Å². The predicted molar refractivity (Wildman–Crippen MR) is 69.6 cm³/mol. The summed E-state index contributed by atoms with van der Waals surface area (Å²) >= 11 is 4.90. The normalized spacial score (nSPS) is 12.9. The van der Waals surface area contributed by atoms with Crippen molar-refractivity contribution in [2.75, 3.05) is 5.75 Å². The maximum Gasteiger partial charge on any atom is 0.229 e. The van der Waals surface area contributed by atoms with Crippen LogP contribution in [0.3, 0.4) is 0 Å². The number of thioether (sulfide) groups is 2. The molecule has 92 valence electrons. The van der Waals surface area contributed by atoms with E-state index in [4.69, 9.17) is 4.42 Å². The molecule has 17 heavy (non-hydrogen) atoms. The molecule has 0 saturated heterocycles. The van der Waals surface area contributed by atoms with Crippen LogP contribution < -0.4 is 0 Å². The molecule has 0 bridgehead atoms. The fourth-order valence-electron chi connectivity index (χ4n) is 1.10. The van der Waals surface area contributed by atoms with Crippen molar-refractivity contribution >= 4 is 34.9 Å². The molecule has 0 amide bonds.